The van der Waals surface area contributed by atoms with E-state index in [0.717, 1.165) is 11.3 Å². The Morgan fingerprint density at radius 2 is 2.00 bits per heavy atom. The molecule has 1 atom stereocenters. The van der Waals surface area contributed by atoms with Crippen molar-refractivity contribution in [2.45, 2.75) is 5.37 Å². The Balaban J connectivity index is 1.75. The molecule has 1 aliphatic rings. The summed E-state index contributed by atoms with van der Waals surface area (Å²) in [6.07, 6.45) is 0. The lowest BCUT2D eigenvalue weighted by atomic mass is 10.2. The normalized spacial score (nSPS) is 16.6. The molecule has 5 nitrogen and oxygen atoms in total. The summed E-state index contributed by atoms with van der Waals surface area (Å²) in [6.45, 7) is 0. The molecule has 2 aromatic rings. The highest BCUT2D eigenvalue weighted by molar-refractivity contribution is 8.00. The molecule has 25 heavy (non-hydrogen) atoms. The van der Waals surface area contributed by atoms with Crippen molar-refractivity contribution in [2.75, 3.05) is 18.2 Å². The quantitative estimate of drug-likeness (QED) is 0.770. The number of para-hydroxylation sites is 2. The zero-order valence-electron chi connectivity index (χ0n) is 13.4. The lowest BCUT2D eigenvalue weighted by molar-refractivity contribution is -0.129. The average molecular weight is 394 g/mol. The molecule has 1 heterocycles. The van der Waals surface area contributed by atoms with Crippen LogP contribution < -0.4 is 15.5 Å². The fourth-order valence-corrected chi connectivity index (χ4v) is 4.11. The van der Waals surface area contributed by atoms with Gasteiger partial charge in [-0.2, -0.15) is 0 Å². The van der Waals surface area contributed by atoms with Crippen LogP contribution in [0, 0.1) is 0 Å². The molecule has 2 aromatic carbocycles. The number of hydrogen-bond acceptors (Lipinski definition) is 4. The van der Waals surface area contributed by atoms with Gasteiger partial charge in [-0.3, -0.25) is 10.2 Å². The van der Waals surface area contributed by atoms with Crippen molar-refractivity contribution >= 4 is 52.3 Å². The maximum Gasteiger partial charge on any atom is 0.252 e. The van der Waals surface area contributed by atoms with Crippen LogP contribution in [0.1, 0.15) is 10.9 Å². The van der Waals surface area contributed by atoms with Crippen LogP contribution in [0.4, 0.5) is 5.69 Å². The van der Waals surface area contributed by atoms with Gasteiger partial charge in [-0.25, -0.2) is 5.01 Å². The second-order valence-electron chi connectivity index (χ2n) is 5.21. The van der Waals surface area contributed by atoms with Crippen molar-refractivity contribution in [1.29, 1.82) is 0 Å². The molecule has 130 valence electrons. The molecular weight excluding hydrogens is 378 g/mol. The highest BCUT2D eigenvalue weighted by Gasteiger charge is 2.34. The third-order valence-electron chi connectivity index (χ3n) is 3.62. The van der Waals surface area contributed by atoms with E-state index in [-0.39, 0.29) is 11.3 Å². The van der Waals surface area contributed by atoms with Crippen molar-refractivity contribution in [1.82, 2.24) is 10.4 Å². The number of anilines is 1. The number of benzene rings is 2. The zero-order chi connectivity index (χ0) is 17.8. The van der Waals surface area contributed by atoms with Crippen LogP contribution in [0.5, 0.6) is 5.75 Å². The second-order valence-corrected chi connectivity index (χ2v) is 7.10. The van der Waals surface area contributed by atoms with Crippen LogP contribution in [0.2, 0.25) is 5.02 Å². The number of hydrogen-bond donors (Lipinski definition) is 2. The largest absolute Gasteiger partial charge is 0.495 e. The van der Waals surface area contributed by atoms with Crippen molar-refractivity contribution in [2.24, 2.45) is 0 Å². The molecule has 8 heteroatoms. The minimum atomic E-state index is -0.237. The van der Waals surface area contributed by atoms with Crippen molar-refractivity contribution < 1.29 is 9.53 Å². The third-order valence-corrected chi connectivity index (χ3v) is 5.35. The van der Waals surface area contributed by atoms with Gasteiger partial charge in [0.05, 0.1) is 18.6 Å². The van der Waals surface area contributed by atoms with E-state index >= 15 is 0 Å². The fourth-order valence-electron chi connectivity index (χ4n) is 2.46. The molecule has 2 N–H and O–H groups in total. The molecule has 3 rings (SSSR count). The van der Waals surface area contributed by atoms with Gasteiger partial charge in [0.15, 0.2) is 5.11 Å². The Kier molecular flexibility index (Phi) is 5.67. The Hall–Kier alpha value is -1.96. The van der Waals surface area contributed by atoms with E-state index in [1.165, 1.54) is 16.8 Å². The number of ether oxygens (including phenoxy) is 1. The number of nitrogens with one attached hydrogen (secondary N) is 2. The highest BCUT2D eigenvalue weighted by Crippen LogP contribution is 2.40. The third kappa shape index (κ3) is 4.00. The van der Waals surface area contributed by atoms with Crippen LogP contribution >= 0.6 is 35.6 Å². The summed E-state index contributed by atoms with van der Waals surface area (Å²) < 4.78 is 5.29. The first-order valence-corrected chi connectivity index (χ1v) is 9.32. The number of amides is 1. The summed E-state index contributed by atoms with van der Waals surface area (Å²) in [5.41, 5.74) is 4.56. The summed E-state index contributed by atoms with van der Waals surface area (Å²) in [6, 6.07) is 14.9. The molecule has 0 aliphatic carbocycles. The van der Waals surface area contributed by atoms with Crippen LogP contribution in [0.25, 0.3) is 0 Å². The Morgan fingerprint density at radius 1 is 1.28 bits per heavy atom. The minimum absolute atomic E-state index is 0.0564. The standard InChI is InChI=1S/C17H16ClN3O2S2/c1-23-14-9-5-4-8-13(14)19-17(24)20-21-15(22)10-25-16(21)11-6-2-3-7-12(11)18/h2-9,16H,10H2,1H3,(H2,19,20,24). The number of thioether (sulfide) groups is 1. The first-order valence-electron chi connectivity index (χ1n) is 7.49. The van der Waals surface area contributed by atoms with Gasteiger partial charge in [-0.15, -0.1) is 11.8 Å². The lowest BCUT2D eigenvalue weighted by Gasteiger charge is -2.26. The average Bonchev–Trinajstić information content (AvgIpc) is 2.96. The number of carbonyl (C=O) groups excluding carboxylic acids is 1. The summed E-state index contributed by atoms with van der Waals surface area (Å²) in [4.78, 5) is 12.3. The molecular formula is C17H16ClN3O2S2. The molecule has 1 saturated heterocycles. The number of carbonyl (C=O) groups is 1. The first kappa shape index (κ1) is 17.8. The molecule has 0 bridgehead atoms. The van der Waals surface area contributed by atoms with Gasteiger partial charge >= 0.3 is 0 Å². The van der Waals surface area contributed by atoms with Gasteiger partial charge in [0.1, 0.15) is 11.1 Å². The number of nitrogens with zero attached hydrogens (tertiary/aromatic N) is 1. The van der Waals surface area contributed by atoms with Crippen LogP contribution in [-0.2, 0) is 4.79 Å². The van der Waals surface area contributed by atoms with E-state index < -0.39 is 0 Å². The second kappa shape index (κ2) is 7.95. The fraction of sp³-hybridized carbons (Fsp3) is 0.176. The molecule has 1 fully saturated rings. The first-order chi connectivity index (χ1) is 12.1. The molecule has 0 radical (unpaired) electrons. The summed E-state index contributed by atoms with van der Waals surface area (Å²) in [7, 11) is 1.59. The maximum absolute atomic E-state index is 12.3. The topological polar surface area (TPSA) is 53.6 Å². The van der Waals surface area contributed by atoms with E-state index in [1.54, 1.807) is 7.11 Å². The van der Waals surface area contributed by atoms with Crippen LogP contribution in [-0.4, -0.2) is 28.9 Å². The van der Waals surface area contributed by atoms with E-state index in [9.17, 15) is 4.79 Å². The van der Waals surface area contributed by atoms with E-state index in [1.807, 2.05) is 48.5 Å². The maximum atomic E-state index is 12.3. The Morgan fingerprint density at radius 3 is 2.76 bits per heavy atom. The Labute approximate surface area is 160 Å². The van der Waals surface area contributed by atoms with Gasteiger partial charge in [0, 0.05) is 10.6 Å². The number of rotatable bonds is 4. The van der Waals surface area contributed by atoms with Gasteiger partial charge in [-0.1, -0.05) is 41.9 Å². The van der Waals surface area contributed by atoms with Gasteiger partial charge < -0.3 is 10.1 Å². The van der Waals surface area contributed by atoms with Gasteiger partial charge in [0.2, 0.25) is 0 Å². The van der Waals surface area contributed by atoms with Gasteiger partial charge in [-0.05, 0) is 30.4 Å². The van der Waals surface area contributed by atoms with Crippen LogP contribution in [0.15, 0.2) is 48.5 Å². The van der Waals surface area contributed by atoms with Crippen molar-refractivity contribution in [3.8, 4) is 5.75 Å². The zero-order valence-corrected chi connectivity index (χ0v) is 15.8. The van der Waals surface area contributed by atoms with Gasteiger partial charge in [0.25, 0.3) is 5.91 Å². The predicted octanol–water partition coefficient (Wildman–Crippen LogP) is 3.82. The molecule has 0 spiro atoms. The smallest absolute Gasteiger partial charge is 0.252 e. The number of methoxy groups -OCH3 is 1. The molecule has 1 amide bonds. The molecule has 0 saturated carbocycles. The number of hydrazine groups is 1. The highest BCUT2D eigenvalue weighted by atomic mass is 35.5. The minimum Gasteiger partial charge on any atom is -0.495 e. The monoisotopic (exact) mass is 393 g/mol. The Bertz CT molecular complexity index is 803. The summed E-state index contributed by atoms with van der Waals surface area (Å²) in [5.74, 6) is 0.968. The molecule has 1 aliphatic heterocycles. The van der Waals surface area contributed by atoms with E-state index in [4.69, 9.17) is 28.6 Å². The number of thiocarbonyl (C=S) groups is 1. The SMILES string of the molecule is COc1ccccc1NC(=S)NN1C(=O)CSC1c1ccccc1Cl. The lowest BCUT2D eigenvalue weighted by Crippen LogP contribution is -2.46. The molecule has 1 unspecified atom stereocenters. The predicted molar refractivity (Wildman–Crippen MR) is 106 cm³/mol. The van der Waals surface area contributed by atoms with E-state index in [0.29, 0.717) is 21.6 Å². The van der Waals surface area contributed by atoms with Crippen LogP contribution in [0.3, 0.4) is 0 Å². The molecule has 0 aromatic heterocycles. The summed E-state index contributed by atoms with van der Waals surface area (Å²) >= 11 is 13.1. The summed E-state index contributed by atoms with van der Waals surface area (Å²) in [5, 5.41) is 5.25. The number of halogens is 1. The van der Waals surface area contributed by atoms with E-state index in [2.05, 4.69) is 10.7 Å². The van der Waals surface area contributed by atoms with Crippen molar-refractivity contribution in [3.63, 3.8) is 0 Å². The van der Waals surface area contributed by atoms with Crippen molar-refractivity contribution in [3.05, 3.63) is 59.1 Å².